The first-order valence-corrected chi connectivity index (χ1v) is 5.61. The van der Waals surface area contributed by atoms with Crippen LogP contribution < -0.4 is 4.74 Å². The highest BCUT2D eigenvalue weighted by atomic mass is 35.5. The van der Waals surface area contributed by atoms with E-state index in [-0.39, 0.29) is 0 Å². The number of aryl methyl sites for hydroxylation is 2. The molecule has 2 nitrogen and oxygen atoms in total. The third-order valence-electron chi connectivity index (χ3n) is 2.00. The molecular formula is C12H16ClNO. The van der Waals surface area contributed by atoms with Gasteiger partial charge in [-0.3, -0.25) is 4.98 Å². The monoisotopic (exact) mass is 225 g/mol. The average molecular weight is 226 g/mol. The van der Waals surface area contributed by atoms with Crippen LogP contribution in [0.3, 0.4) is 0 Å². The lowest BCUT2D eigenvalue weighted by atomic mass is 10.2. The molecule has 0 spiro atoms. The van der Waals surface area contributed by atoms with Crippen molar-refractivity contribution in [3.63, 3.8) is 0 Å². The summed E-state index contributed by atoms with van der Waals surface area (Å²) < 4.78 is 5.58. The van der Waals surface area contributed by atoms with Crippen molar-refractivity contribution < 1.29 is 4.74 Å². The van der Waals surface area contributed by atoms with Crippen molar-refractivity contribution in [3.8, 4) is 5.75 Å². The predicted octanol–water partition coefficient (Wildman–Crippen LogP) is 3.13. The van der Waals surface area contributed by atoms with Gasteiger partial charge in [0.2, 0.25) is 0 Å². The molecule has 1 heterocycles. The quantitative estimate of drug-likeness (QED) is 0.568. The van der Waals surface area contributed by atoms with Crippen molar-refractivity contribution in [3.05, 3.63) is 35.7 Å². The second kappa shape index (κ2) is 6.46. The van der Waals surface area contributed by atoms with Gasteiger partial charge in [-0.2, -0.15) is 0 Å². The maximum Gasteiger partial charge on any atom is 0.141 e. The lowest BCUT2D eigenvalue weighted by molar-refractivity contribution is 0.356. The molecule has 1 aromatic rings. The van der Waals surface area contributed by atoms with E-state index in [2.05, 4.69) is 11.9 Å². The average Bonchev–Trinajstić information content (AvgIpc) is 2.26. The Morgan fingerprint density at radius 2 is 2.20 bits per heavy atom. The van der Waals surface area contributed by atoms with Crippen LogP contribution in [0, 0.1) is 6.92 Å². The SMILES string of the molecule is CCc1nc(C)ccc1OC/C=C/CCl. The number of pyridine rings is 1. The Morgan fingerprint density at radius 3 is 2.87 bits per heavy atom. The summed E-state index contributed by atoms with van der Waals surface area (Å²) in [6.07, 6.45) is 4.66. The van der Waals surface area contributed by atoms with Crippen molar-refractivity contribution in [1.29, 1.82) is 0 Å². The van der Waals surface area contributed by atoms with Gasteiger partial charge in [0.1, 0.15) is 12.4 Å². The van der Waals surface area contributed by atoms with Gasteiger partial charge in [-0.1, -0.05) is 19.1 Å². The molecule has 0 aliphatic carbocycles. The van der Waals surface area contributed by atoms with Crippen LogP contribution in [0.25, 0.3) is 0 Å². The zero-order valence-electron chi connectivity index (χ0n) is 9.16. The van der Waals surface area contributed by atoms with Crippen LogP contribution in [0.1, 0.15) is 18.3 Å². The zero-order chi connectivity index (χ0) is 11.1. The van der Waals surface area contributed by atoms with Crippen LogP contribution >= 0.6 is 11.6 Å². The smallest absolute Gasteiger partial charge is 0.141 e. The third-order valence-corrected chi connectivity index (χ3v) is 2.18. The molecule has 0 aliphatic heterocycles. The van der Waals surface area contributed by atoms with E-state index in [0.29, 0.717) is 12.5 Å². The highest BCUT2D eigenvalue weighted by molar-refractivity contribution is 6.18. The van der Waals surface area contributed by atoms with Gasteiger partial charge in [0, 0.05) is 11.6 Å². The summed E-state index contributed by atoms with van der Waals surface area (Å²) in [5, 5.41) is 0. The second-order valence-electron chi connectivity index (χ2n) is 3.19. The van der Waals surface area contributed by atoms with E-state index in [1.165, 1.54) is 0 Å². The topological polar surface area (TPSA) is 22.1 Å². The van der Waals surface area contributed by atoms with E-state index in [1.807, 2.05) is 31.2 Å². The molecule has 15 heavy (non-hydrogen) atoms. The van der Waals surface area contributed by atoms with Crippen molar-refractivity contribution in [2.24, 2.45) is 0 Å². The molecule has 1 aromatic heterocycles. The van der Waals surface area contributed by atoms with Gasteiger partial charge in [-0.15, -0.1) is 11.6 Å². The molecule has 1 rings (SSSR count). The summed E-state index contributed by atoms with van der Waals surface area (Å²) in [6, 6.07) is 3.93. The lowest BCUT2D eigenvalue weighted by Crippen LogP contribution is -2.00. The summed E-state index contributed by atoms with van der Waals surface area (Å²) in [4.78, 5) is 4.42. The largest absolute Gasteiger partial charge is 0.488 e. The van der Waals surface area contributed by atoms with Crippen LogP contribution in [0.5, 0.6) is 5.75 Å². The Bertz CT molecular complexity index is 336. The molecule has 82 valence electrons. The Kier molecular flexibility index (Phi) is 5.19. The molecule has 0 unspecified atom stereocenters. The first-order chi connectivity index (χ1) is 7.27. The molecule has 0 aromatic carbocycles. The van der Waals surface area contributed by atoms with Gasteiger partial charge in [-0.05, 0) is 25.5 Å². The van der Waals surface area contributed by atoms with Crippen LogP contribution in [-0.4, -0.2) is 17.5 Å². The Morgan fingerprint density at radius 1 is 1.40 bits per heavy atom. The van der Waals surface area contributed by atoms with E-state index >= 15 is 0 Å². The van der Waals surface area contributed by atoms with Gasteiger partial charge >= 0.3 is 0 Å². The maximum absolute atomic E-state index is 5.58. The molecule has 0 atom stereocenters. The first kappa shape index (κ1) is 12.1. The Balaban J connectivity index is 2.63. The van der Waals surface area contributed by atoms with Gasteiger partial charge in [0.25, 0.3) is 0 Å². The molecule has 0 saturated heterocycles. The predicted molar refractivity (Wildman–Crippen MR) is 63.7 cm³/mol. The van der Waals surface area contributed by atoms with E-state index in [4.69, 9.17) is 16.3 Å². The fourth-order valence-corrected chi connectivity index (χ4v) is 1.38. The summed E-state index contributed by atoms with van der Waals surface area (Å²) in [5.74, 6) is 1.39. The van der Waals surface area contributed by atoms with E-state index < -0.39 is 0 Å². The number of nitrogens with zero attached hydrogens (tertiary/aromatic N) is 1. The number of hydrogen-bond donors (Lipinski definition) is 0. The molecular weight excluding hydrogens is 210 g/mol. The van der Waals surface area contributed by atoms with E-state index in [0.717, 1.165) is 23.6 Å². The van der Waals surface area contributed by atoms with Gasteiger partial charge in [0.15, 0.2) is 0 Å². The van der Waals surface area contributed by atoms with Crippen LogP contribution in [0.2, 0.25) is 0 Å². The van der Waals surface area contributed by atoms with Crippen LogP contribution in [-0.2, 0) is 6.42 Å². The maximum atomic E-state index is 5.58. The normalized spacial score (nSPS) is 10.9. The van der Waals surface area contributed by atoms with E-state index in [1.54, 1.807) is 0 Å². The molecule has 3 heteroatoms. The van der Waals surface area contributed by atoms with Crippen LogP contribution in [0.15, 0.2) is 24.3 Å². The summed E-state index contributed by atoms with van der Waals surface area (Å²) in [6.45, 7) is 4.60. The van der Waals surface area contributed by atoms with Gasteiger partial charge in [-0.25, -0.2) is 0 Å². The highest BCUT2D eigenvalue weighted by Crippen LogP contribution is 2.17. The number of aromatic nitrogens is 1. The van der Waals surface area contributed by atoms with Crippen molar-refractivity contribution in [1.82, 2.24) is 4.98 Å². The number of ether oxygens (including phenoxy) is 1. The Labute approximate surface area is 95.9 Å². The number of rotatable bonds is 5. The molecule has 0 bridgehead atoms. The second-order valence-corrected chi connectivity index (χ2v) is 3.50. The minimum atomic E-state index is 0.524. The van der Waals surface area contributed by atoms with Crippen molar-refractivity contribution in [2.75, 3.05) is 12.5 Å². The molecule has 0 saturated carbocycles. The minimum absolute atomic E-state index is 0.524. The molecule has 0 amide bonds. The minimum Gasteiger partial charge on any atom is -0.488 e. The fraction of sp³-hybridized carbons (Fsp3) is 0.417. The van der Waals surface area contributed by atoms with E-state index in [9.17, 15) is 0 Å². The molecule has 0 aliphatic rings. The third kappa shape index (κ3) is 3.92. The zero-order valence-corrected chi connectivity index (χ0v) is 9.92. The molecule has 0 radical (unpaired) electrons. The van der Waals surface area contributed by atoms with Crippen LogP contribution in [0.4, 0.5) is 0 Å². The number of hydrogen-bond acceptors (Lipinski definition) is 2. The number of alkyl halides is 1. The van der Waals surface area contributed by atoms with Gasteiger partial charge in [0.05, 0.1) is 5.69 Å². The summed E-state index contributed by atoms with van der Waals surface area (Å²) in [5.41, 5.74) is 2.03. The standard InChI is InChI=1S/C12H16ClNO/c1-3-11-12(7-6-10(2)14-11)15-9-5-4-8-13/h4-7H,3,8-9H2,1-2H3/b5-4+. The molecule has 0 N–H and O–H groups in total. The van der Waals surface area contributed by atoms with Crippen molar-refractivity contribution >= 4 is 11.6 Å². The highest BCUT2D eigenvalue weighted by Gasteiger charge is 2.02. The summed E-state index contributed by atoms with van der Waals surface area (Å²) >= 11 is 5.51. The molecule has 0 fully saturated rings. The fourth-order valence-electron chi connectivity index (χ4n) is 1.25. The number of halogens is 1. The number of allylic oxidation sites excluding steroid dienone is 1. The first-order valence-electron chi connectivity index (χ1n) is 5.08. The Hall–Kier alpha value is -1.02. The lowest BCUT2D eigenvalue weighted by Gasteiger charge is -2.08. The summed E-state index contributed by atoms with van der Waals surface area (Å²) in [7, 11) is 0. The van der Waals surface area contributed by atoms with Crippen molar-refractivity contribution in [2.45, 2.75) is 20.3 Å². The van der Waals surface area contributed by atoms with Gasteiger partial charge < -0.3 is 4.74 Å².